The van der Waals surface area contributed by atoms with Gasteiger partial charge >= 0.3 is 0 Å². The molecule has 2 nitrogen and oxygen atoms in total. The molecule has 0 radical (unpaired) electrons. The molecule has 0 aliphatic heterocycles. The van der Waals surface area contributed by atoms with Crippen LogP contribution in [0.15, 0.2) is 36.4 Å². The number of rotatable bonds is 4. The van der Waals surface area contributed by atoms with E-state index in [1.807, 2.05) is 38.1 Å². The summed E-state index contributed by atoms with van der Waals surface area (Å²) in [6.07, 6.45) is 0.870. The fourth-order valence-corrected chi connectivity index (χ4v) is 2.84. The second-order valence-electron chi connectivity index (χ2n) is 4.32. The molecule has 0 fully saturated rings. The summed E-state index contributed by atoms with van der Waals surface area (Å²) in [5.41, 5.74) is 2.06. The van der Waals surface area contributed by atoms with Crippen LogP contribution in [0.3, 0.4) is 0 Å². The molecule has 1 heterocycles. The van der Waals surface area contributed by atoms with Gasteiger partial charge in [-0.15, -0.1) is 11.3 Å². The lowest BCUT2D eigenvalue weighted by molar-refractivity contribution is 0.0954. The van der Waals surface area contributed by atoms with E-state index in [0.717, 1.165) is 16.9 Å². The Labute approximate surface area is 112 Å². The van der Waals surface area contributed by atoms with Crippen molar-refractivity contribution < 1.29 is 4.79 Å². The number of amides is 1. The van der Waals surface area contributed by atoms with Crippen molar-refractivity contribution in [2.24, 2.45) is 0 Å². The quantitative estimate of drug-likeness (QED) is 0.896. The molecule has 2 aromatic rings. The van der Waals surface area contributed by atoms with E-state index in [9.17, 15) is 4.79 Å². The van der Waals surface area contributed by atoms with Gasteiger partial charge in [0.15, 0.2) is 0 Å². The van der Waals surface area contributed by atoms with Gasteiger partial charge < -0.3 is 5.32 Å². The van der Waals surface area contributed by atoms with Gasteiger partial charge in [-0.3, -0.25) is 4.79 Å². The fourth-order valence-electron chi connectivity index (χ4n) is 1.92. The molecule has 0 aliphatic rings. The van der Waals surface area contributed by atoms with Crippen LogP contribution in [0.2, 0.25) is 0 Å². The summed E-state index contributed by atoms with van der Waals surface area (Å²) in [4.78, 5) is 14.2. The molecule has 0 saturated carbocycles. The average Bonchev–Trinajstić information content (AvgIpc) is 2.70. The number of thiophene rings is 1. The third kappa shape index (κ3) is 3.20. The van der Waals surface area contributed by atoms with Crippen molar-refractivity contribution in [2.75, 3.05) is 6.54 Å². The largest absolute Gasteiger partial charge is 0.352 e. The second kappa shape index (κ2) is 5.83. The van der Waals surface area contributed by atoms with Crippen molar-refractivity contribution in [1.29, 1.82) is 0 Å². The summed E-state index contributed by atoms with van der Waals surface area (Å²) in [5.74, 6) is 0.0350. The van der Waals surface area contributed by atoms with Crippen molar-refractivity contribution in [3.63, 3.8) is 0 Å². The zero-order valence-corrected chi connectivity index (χ0v) is 11.5. The molecule has 0 bridgehead atoms. The Hall–Kier alpha value is -1.61. The Morgan fingerprint density at radius 1 is 1.22 bits per heavy atom. The van der Waals surface area contributed by atoms with Gasteiger partial charge in [0.05, 0.1) is 5.56 Å². The van der Waals surface area contributed by atoms with Crippen LogP contribution in [-0.4, -0.2) is 12.5 Å². The van der Waals surface area contributed by atoms with Gasteiger partial charge in [0.2, 0.25) is 0 Å². The molecular formula is C15H17NOS. The van der Waals surface area contributed by atoms with E-state index in [-0.39, 0.29) is 5.91 Å². The maximum atomic E-state index is 12.0. The first-order valence-corrected chi connectivity index (χ1v) is 6.87. The second-order valence-corrected chi connectivity index (χ2v) is 5.78. The number of hydrogen-bond acceptors (Lipinski definition) is 2. The lowest BCUT2D eigenvalue weighted by Crippen LogP contribution is -2.25. The van der Waals surface area contributed by atoms with Crippen LogP contribution in [0.5, 0.6) is 0 Å². The minimum atomic E-state index is 0.0350. The molecule has 0 spiro atoms. The third-order valence-corrected chi connectivity index (χ3v) is 3.79. The Kier molecular flexibility index (Phi) is 4.15. The van der Waals surface area contributed by atoms with Gasteiger partial charge in [0, 0.05) is 16.3 Å². The predicted molar refractivity (Wildman–Crippen MR) is 76.3 cm³/mol. The molecule has 94 valence electrons. The van der Waals surface area contributed by atoms with Gasteiger partial charge in [-0.2, -0.15) is 0 Å². The van der Waals surface area contributed by atoms with Crippen LogP contribution in [-0.2, 0) is 6.42 Å². The standard InChI is InChI=1S/C15H17NOS/c1-11-10-14(12(2)18-11)15(17)16-9-8-13-6-4-3-5-7-13/h3-7,10H,8-9H2,1-2H3,(H,16,17). The molecule has 1 N–H and O–H groups in total. The summed E-state index contributed by atoms with van der Waals surface area (Å²) in [6, 6.07) is 12.1. The molecule has 0 aliphatic carbocycles. The van der Waals surface area contributed by atoms with Crippen LogP contribution in [0.25, 0.3) is 0 Å². The molecule has 1 aromatic carbocycles. The number of benzene rings is 1. The summed E-state index contributed by atoms with van der Waals surface area (Å²) in [6.45, 7) is 4.69. The summed E-state index contributed by atoms with van der Waals surface area (Å²) in [7, 11) is 0. The minimum Gasteiger partial charge on any atom is -0.352 e. The highest BCUT2D eigenvalue weighted by atomic mass is 32.1. The molecule has 18 heavy (non-hydrogen) atoms. The molecule has 1 aromatic heterocycles. The predicted octanol–water partition coefficient (Wildman–Crippen LogP) is 3.34. The SMILES string of the molecule is Cc1cc(C(=O)NCCc2ccccc2)c(C)s1. The number of carbonyl (C=O) groups excluding carboxylic acids is 1. The van der Waals surface area contributed by atoms with Gasteiger partial charge in [-0.1, -0.05) is 30.3 Å². The van der Waals surface area contributed by atoms with E-state index in [1.165, 1.54) is 10.4 Å². The van der Waals surface area contributed by atoms with E-state index < -0.39 is 0 Å². The zero-order chi connectivity index (χ0) is 13.0. The zero-order valence-electron chi connectivity index (χ0n) is 10.7. The van der Waals surface area contributed by atoms with Crippen molar-refractivity contribution in [1.82, 2.24) is 5.32 Å². The van der Waals surface area contributed by atoms with Crippen LogP contribution in [0, 0.1) is 13.8 Å². The summed E-state index contributed by atoms with van der Waals surface area (Å²) in [5, 5.41) is 2.97. The van der Waals surface area contributed by atoms with Gasteiger partial charge in [-0.25, -0.2) is 0 Å². The first-order valence-electron chi connectivity index (χ1n) is 6.06. The minimum absolute atomic E-state index is 0.0350. The highest BCUT2D eigenvalue weighted by Gasteiger charge is 2.10. The molecule has 0 saturated heterocycles. The molecule has 0 atom stereocenters. The first-order chi connectivity index (χ1) is 8.66. The Bertz CT molecular complexity index is 531. The lowest BCUT2D eigenvalue weighted by Gasteiger charge is -2.04. The number of nitrogens with one attached hydrogen (secondary N) is 1. The summed E-state index contributed by atoms with van der Waals surface area (Å²) >= 11 is 1.67. The maximum Gasteiger partial charge on any atom is 0.252 e. The van der Waals surface area contributed by atoms with E-state index in [2.05, 4.69) is 17.4 Å². The Morgan fingerprint density at radius 3 is 2.56 bits per heavy atom. The first kappa shape index (κ1) is 12.8. The normalized spacial score (nSPS) is 10.3. The van der Waals surface area contributed by atoms with E-state index >= 15 is 0 Å². The van der Waals surface area contributed by atoms with E-state index in [0.29, 0.717) is 6.54 Å². The number of aryl methyl sites for hydroxylation is 2. The molecule has 2 rings (SSSR count). The fraction of sp³-hybridized carbons (Fsp3) is 0.267. The van der Waals surface area contributed by atoms with Crippen molar-refractivity contribution >= 4 is 17.2 Å². The van der Waals surface area contributed by atoms with Crippen LogP contribution in [0.4, 0.5) is 0 Å². The maximum absolute atomic E-state index is 12.0. The van der Waals surface area contributed by atoms with Crippen LogP contribution >= 0.6 is 11.3 Å². The smallest absolute Gasteiger partial charge is 0.252 e. The number of carbonyl (C=O) groups is 1. The van der Waals surface area contributed by atoms with E-state index in [1.54, 1.807) is 11.3 Å². The van der Waals surface area contributed by atoms with E-state index in [4.69, 9.17) is 0 Å². The molecule has 0 unspecified atom stereocenters. The van der Waals surface area contributed by atoms with Crippen molar-refractivity contribution in [2.45, 2.75) is 20.3 Å². The molecule has 1 amide bonds. The van der Waals surface area contributed by atoms with Crippen LogP contribution < -0.4 is 5.32 Å². The lowest BCUT2D eigenvalue weighted by atomic mass is 10.1. The molecular weight excluding hydrogens is 242 g/mol. The topological polar surface area (TPSA) is 29.1 Å². The number of hydrogen-bond donors (Lipinski definition) is 1. The van der Waals surface area contributed by atoms with Crippen molar-refractivity contribution in [3.05, 3.63) is 57.3 Å². The third-order valence-electron chi connectivity index (χ3n) is 2.83. The summed E-state index contributed by atoms with van der Waals surface area (Å²) < 4.78 is 0. The molecule has 3 heteroatoms. The van der Waals surface area contributed by atoms with Gasteiger partial charge in [0.25, 0.3) is 5.91 Å². The van der Waals surface area contributed by atoms with Crippen LogP contribution in [0.1, 0.15) is 25.7 Å². The highest BCUT2D eigenvalue weighted by molar-refractivity contribution is 7.12. The van der Waals surface area contributed by atoms with Gasteiger partial charge in [-0.05, 0) is 31.9 Å². The van der Waals surface area contributed by atoms with Gasteiger partial charge in [0.1, 0.15) is 0 Å². The monoisotopic (exact) mass is 259 g/mol. The highest BCUT2D eigenvalue weighted by Crippen LogP contribution is 2.20. The van der Waals surface area contributed by atoms with Crippen molar-refractivity contribution in [3.8, 4) is 0 Å². The average molecular weight is 259 g/mol. The Morgan fingerprint density at radius 2 is 1.94 bits per heavy atom. The Balaban J connectivity index is 1.87.